The van der Waals surface area contributed by atoms with Gasteiger partial charge in [-0.05, 0) is 29.7 Å². The summed E-state index contributed by atoms with van der Waals surface area (Å²) in [6.45, 7) is 1.03. The fraction of sp³-hybridized carbons (Fsp3) is 0.150. The van der Waals surface area contributed by atoms with Crippen molar-refractivity contribution in [2.75, 3.05) is 11.9 Å². The fourth-order valence-electron chi connectivity index (χ4n) is 3.13. The van der Waals surface area contributed by atoms with Gasteiger partial charge >= 0.3 is 0 Å². The summed E-state index contributed by atoms with van der Waals surface area (Å²) in [5.41, 5.74) is 2.13. The number of nitrogens with zero attached hydrogens (tertiary/aromatic N) is 3. The maximum atomic E-state index is 13.8. The van der Waals surface area contributed by atoms with Crippen LogP contribution in [0.1, 0.15) is 21.6 Å². The van der Waals surface area contributed by atoms with Crippen molar-refractivity contribution >= 4 is 17.4 Å². The van der Waals surface area contributed by atoms with E-state index in [0.29, 0.717) is 13.1 Å². The first-order chi connectivity index (χ1) is 13.5. The zero-order valence-corrected chi connectivity index (χ0v) is 14.6. The lowest BCUT2D eigenvalue weighted by molar-refractivity contribution is 0.0728. The molecule has 1 N–H and O–H groups in total. The van der Waals surface area contributed by atoms with Gasteiger partial charge in [0.1, 0.15) is 17.8 Å². The molecule has 3 aromatic rings. The van der Waals surface area contributed by atoms with Gasteiger partial charge in [-0.25, -0.2) is 23.1 Å². The molecule has 0 unspecified atom stereocenters. The van der Waals surface area contributed by atoms with Crippen LogP contribution in [0.25, 0.3) is 0 Å². The van der Waals surface area contributed by atoms with Crippen LogP contribution in [0.5, 0.6) is 0 Å². The van der Waals surface area contributed by atoms with Gasteiger partial charge in [-0.2, -0.15) is 0 Å². The van der Waals surface area contributed by atoms with Crippen LogP contribution in [0.15, 0.2) is 48.8 Å². The number of carbonyl (C=O) groups is 1. The third kappa shape index (κ3) is 3.40. The van der Waals surface area contributed by atoms with Crippen molar-refractivity contribution < 1.29 is 18.0 Å². The van der Waals surface area contributed by atoms with Crippen LogP contribution in [0, 0.1) is 17.5 Å². The van der Waals surface area contributed by atoms with Gasteiger partial charge in [-0.3, -0.25) is 4.79 Å². The first-order valence-corrected chi connectivity index (χ1v) is 8.61. The molecular formula is C20H15F3N4O. The Labute approximate surface area is 158 Å². The molecule has 5 nitrogen and oxygen atoms in total. The number of carbonyl (C=O) groups excluding carboxylic acids is 1. The van der Waals surface area contributed by atoms with E-state index in [1.54, 1.807) is 4.90 Å². The minimum atomic E-state index is -1.58. The topological polar surface area (TPSA) is 58.1 Å². The van der Waals surface area contributed by atoms with Crippen molar-refractivity contribution in [2.45, 2.75) is 13.0 Å². The number of fused-ring (bicyclic) bond motifs is 1. The van der Waals surface area contributed by atoms with Gasteiger partial charge in [0, 0.05) is 19.2 Å². The summed E-state index contributed by atoms with van der Waals surface area (Å²) in [6, 6.07) is 11.1. The standard InChI is InChI=1S/C20H15F3N4O/c21-14-5-6-15(19(23)18(14)22)26-17-9-16(24-11-25-17)20(28)27-8-7-12-3-1-2-4-13(12)10-27/h1-6,9,11H,7-8,10H2,(H,24,25,26). The number of hydrogen-bond acceptors (Lipinski definition) is 4. The SMILES string of the molecule is O=C(c1cc(Nc2ccc(F)c(F)c2F)ncn1)N1CCc2ccccc2C1. The molecule has 0 spiro atoms. The zero-order valence-electron chi connectivity index (χ0n) is 14.6. The monoisotopic (exact) mass is 384 g/mol. The van der Waals surface area contributed by atoms with Crippen LogP contribution in [0.3, 0.4) is 0 Å². The molecule has 0 saturated heterocycles. The third-order valence-electron chi connectivity index (χ3n) is 4.60. The van der Waals surface area contributed by atoms with Gasteiger partial charge in [0.2, 0.25) is 0 Å². The molecule has 0 atom stereocenters. The summed E-state index contributed by atoms with van der Waals surface area (Å²) in [6.07, 6.45) is 1.91. The smallest absolute Gasteiger partial charge is 0.272 e. The van der Waals surface area contributed by atoms with Crippen LogP contribution < -0.4 is 5.32 Å². The quantitative estimate of drug-likeness (QED) is 0.698. The number of nitrogens with one attached hydrogen (secondary N) is 1. The minimum absolute atomic E-state index is 0.0978. The van der Waals surface area contributed by atoms with E-state index in [-0.39, 0.29) is 23.1 Å². The number of anilines is 2. The van der Waals surface area contributed by atoms with Gasteiger partial charge in [-0.15, -0.1) is 0 Å². The highest BCUT2D eigenvalue weighted by atomic mass is 19.2. The van der Waals surface area contributed by atoms with E-state index in [1.807, 2.05) is 24.3 Å². The largest absolute Gasteiger partial charge is 0.338 e. The molecule has 28 heavy (non-hydrogen) atoms. The van der Waals surface area contributed by atoms with E-state index in [4.69, 9.17) is 0 Å². The number of amides is 1. The van der Waals surface area contributed by atoms with E-state index in [2.05, 4.69) is 15.3 Å². The Bertz CT molecular complexity index is 1060. The molecule has 142 valence electrons. The second kappa shape index (κ2) is 7.30. The van der Waals surface area contributed by atoms with E-state index in [9.17, 15) is 18.0 Å². The summed E-state index contributed by atoms with van der Waals surface area (Å²) < 4.78 is 40.3. The van der Waals surface area contributed by atoms with Crippen molar-refractivity contribution in [3.8, 4) is 0 Å². The Kier molecular flexibility index (Phi) is 4.68. The molecule has 2 heterocycles. The Morgan fingerprint density at radius 1 is 1.00 bits per heavy atom. The minimum Gasteiger partial charge on any atom is -0.338 e. The lowest BCUT2D eigenvalue weighted by atomic mass is 10.00. The molecule has 4 rings (SSSR count). The van der Waals surface area contributed by atoms with Crippen LogP contribution >= 0.6 is 0 Å². The van der Waals surface area contributed by atoms with E-state index < -0.39 is 17.5 Å². The molecule has 2 aromatic carbocycles. The van der Waals surface area contributed by atoms with Gasteiger partial charge in [0.15, 0.2) is 17.5 Å². The summed E-state index contributed by atoms with van der Waals surface area (Å²) in [4.78, 5) is 22.4. The third-order valence-corrected chi connectivity index (χ3v) is 4.60. The molecule has 0 radical (unpaired) electrons. The second-order valence-corrected chi connectivity index (χ2v) is 6.38. The number of benzene rings is 2. The normalized spacial score (nSPS) is 13.2. The predicted octanol–water partition coefficient (Wildman–Crippen LogP) is 3.84. The Balaban J connectivity index is 1.54. The lowest BCUT2D eigenvalue weighted by Gasteiger charge is -2.28. The average molecular weight is 384 g/mol. The molecule has 1 aromatic heterocycles. The van der Waals surface area contributed by atoms with Gasteiger partial charge in [-0.1, -0.05) is 24.3 Å². The Morgan fingerprint density at radius 2 is 1.79 bits per heavy atom. The first kappa shape index (κ1) is 18.0. The van der Waals surface area contributed by atoms with Crippen molar-refractivity contribution in [3.63, 3.8) is 0 Å². The van der Waals surface area contributed by atoms with Gasteiger partial charge in [0.25, 0.3) is 5.91 Å². The van der Waals surface area contributed by atoms with Crippen molar-refractivity contribution in [3.05, 3.63) is 83.1 Å². The summed E-state index contributed by atoms with van der Waals surface area (Å²) in [7, 11) is 0. The number of aromatic nitrogens is 2. The molecule has 1 amide bonds. The van der Waals surface area contributed by atoms with Gasteiger partial charge in [0.05, 0.1) is 5.69 Å². The van der Waals surface area contributed by atoms with E-state index in [0.717, 1.165) is 30.4 Å². The molecule has 0 bridgehead atoms. The van der Waals surface area contributed by atoms with Crippen molar-refractivity contribution in [1.29, 1.82) is 0 Å². The van der Waals surface area contributed by atoms with Crippen LogP contribution in [-0.4, -0.2) is 27.3 Å². The summed E-state index contributed by atoms with van der Waals surface area (Å²) in [5.74, 6) is -4.42. The highest BCUT2D eigenvalue weighted by Crippen LogP contribution is 2.24. The lowest BCUT2D eigenvalue weighted by Crippen LogP contribution is -2.36. The van der Waals surface area contributed by atoms with Crippen LogP contribution in [0.4, 0.5) is 24.7 Å². The van der Waals surface area contributed by atoms with Crippen LogP contribution in [-0.2, 0) is 13.0 Å². The maximum absolute atomic E-state index is 13.8. The summed E-state index contributed by atoms with van der Waals surface area (Å²) >= 11 is 0. The predicted molar refractivity (Wildman–Crippen MR) is 96.5 cm³/mol. The first-order valence-electron chi connectivity index (χ1n) is 8.61. The average Bonchev–Trinajstić information content (AvgIpc) is 2.73. The van der Waals surface area contributed by atoms with Crippen LogP contribution in [0.2, 0.25) is 0 Å². The number of hydrogen-bond donors (Lipinski definition) is 1. The molecule has 0 saturated carbocycles. The highest BCUT2D eigenvalue weighted by molar-refractivity contribution is 5.93. The van der Waals surface area contributed by atoms with E-state index in [1.165, 1.54) is 11.6 Å². The summed E-state index contributed by atoms with van der Waals surface area (Å²) in [5, 5.41) is 2.55. The number of rotatable bonds is 3. The zero-order chi connectivity index (χ0) is 19.7. The maximum Gasteiger partial charge on any atom is 0.272 e. The van der Waals surface area contributed by atoms with Crippen molar-refractivity contribution in [1.82, 2.24) is 14.9 Å². The Morgan fingerprint density at radius 3 is 2.61 bits per heavy atom. The molecule has 1 aliphatic rings. The van der Waals surface area contributed by atoms with E-state index >= 15 is 0 Å². The fourth-order valence-corrected chi connectivity index (χ4v) is 3.13. The molecule has 1 aliphatic heterocycles. The molecule has 0 aliphatic carbocycles. The number of halogens is 3. The van der Waals surface area contributed by atoms with Crippen molar-refractivity contribution in [2.24, 2.45) is 0 Å². The highest BCUT2D eigenvalue weighted by Gasteiger charge is 2.23. The molecule has 0 fully saturated rings. The molecule has 8 heteroatoms. The van der Waals surface area contributed by atoms with Gasteiger partial charge < -0.3 is 10.2 Å². The Hall–Kier alpha value is -3.42. The molecular weight excluding hydrogens is 369 g/mol. The second-order valence-electron chi connectivity index (χ2n) is 6.38.